The summed E-state index contributed by atoms with van der Waals surface area (Å²) in [6.07, 6.45) is 0. The number of thioether (sulfide) groups is 2. The number of nitrogens with zero attached hydrogens (tertiary/aromatic N) is 3. The van der Waals surface area contributed by atoms with Crippen LogP contribution in [0.5, 0.6) is 0 Å². The van der Waals surface area contributed by atoms with Crippen LogP contribution in [0.25, 0.3) is 0 Å². The third-order valence-electron chi connectivity index (χ3n) is 5.38. The molecule has 0 saturated carbocycles. The van der Waals surface area contributed by atoms with E-state index in [0.29, 0.717) is 15.8 Å². The summed E-state index contributed by atoms with van der Waals surface area (Å²) in [5, 5.41) is 1.47. The van der Waals surface area contributed by atoms with Crippen LogP contribution in [0.2, 0.25) is 0 Å². The Morgan fingerprint density at radius 2 is 1.59 bits per heavy atom. The molecule has 1 saturated heterocycles. The van der Waals surface area contributed by atoms with Gasteiger partial charge in [0.25, 0.3) is 5.91 Å². The van der Waals surface area contributed by atoms with E-state index in [-0.39, 0.29) is 17.8 Å². The van der Waals surface area contributed by atoms with Gasteiger partial charge in [-0.15, -0.1) is 0 Å². The molecule has 0 spiro atoms. The van der Waals surface area contributed by atoms with Gasteiger partial charge in [0.15, 0.2) is 5.17 Å². The van der Waals surface area contributed by atoms with Gasteiger partial charge in [-0.2, -0.15) is 0 Å². The summed E-state index contributed by atoms with van der Waals surface area (Å²) in [6, 6.07) is 23.9. The molecule has 32 heavy (non-hydrogen) atoms. The number of hydrogen-bond acceptors (Lipinski definition) is 5. The third kappa shape index (κ3) is 3.72. The molecule has 1 amide bonds. The van der Waals surface area contributed by atoms with E-state index in [1.165, 1.54) is 23.9 Å². The number of amidine groups is 1. The molecule has 160 valence electrons. The number of rotatable bonds is 3. The van der Waals surface area contributed by atoms with E-state index < -0.39 is 0 Å². The molecule has 0 radical (unpaired) electrons. The Kier molecular flexibility index (Phi) is 5.53. The van der Waals surface area contributed by atoms with Gasteiger partial charge in [-0.25, -0.2) is 4.39 Å². The average molecular weight is 462 g/mol. The van der Waals surface area contributed by atoms with Crippen LogP contribution >= 0.6 is 23.5 Å². The number of benzene rings is 3. The largest absolute Gasteiger partial charge is 0.337 e. The molecule has 0 N–H and O–H groups in total. The molecule has 3 aromatic rings. The minimum atomic E-state index is -0.343. The SMILES string of the molecule is CC(N=C1SC(=C2Sc3ccccc3N2C)C(=O)N1c1ccc(F)cc1)c1ccccc1. The number of fused-ring (bicyclic) bond motifs is 1. The van der Waals surface area contributed by atoms with Gasteiger partial charge in [0.05, 0.1) is 22.4 Å². The van der Waals surface area contributed by atoms with Gasteiger partial charge in [-0.1, -0.05) is 54.2 Å². The third-order valence-corrected chi connectivity index (χ3v) is 7.79. The number of carbonyl (C=O) groups is 1. The molecule has 1 unspecified atom stereocenters. The molecule has 1 fully saturated rings. The molecule has 7 heteroatoms. The van der Waals surface area contributed by atoms with Crippen molar-refractivity contribution in [2.24, 2.45) is 4.99 Å². The monoisotopic (exact) mass is 461 g/mol. The summed E-state index contributed by atoms with van der Waals surface area (Å²) < 4.78 is 13.6. The van der Waals surface area contributed by atoms with Crippen molar-refractivity contribution in [1.82, 2.24) is 0 Å². The van der Waals surface area contributed by atoms with Crippen molar-refractivity contribution < 1.29 is 9.18 Å². The Bertz CT molecular complexity index is 1240. The van der Waals surface area contributed by atoms with E-state index in [1.807, 2.05) is 67.4 Å². The summed E-state index contributed by atoms with van der Waals surface area (Å²) >= 11 is 2.95. The molecule has 3 aromatic carbocycles. The molecule has 0 aliphatic carbocycles. The van der Waals surface area contributed by atoms with Gasteiger partial charge >= 0.3 is 0 Å². The van der Waals surface area contributed by atoms with Crippen LogP contribution in [0.15, 0.2) is 98.7 Å². The lowest BCUT2D eigenvalue weighted by molar-refractivity contribution is -0.113. The van der Waals surface area contributed by atoms with Crippen LogP contribution in [0.1, 0.15) is 18.5 Å². The zero-order valence-corrected chi connectivity index (χ0v) is 19.2. The van der Waals surface area contributed by atoms with Gasteiger partial charge < -0.3 is 4.90 Å². The Hall–Kier alpha value is -3.03. The number of anilines is 2. The normalized spacial score (nSPS) is 20.2. The lowest BCUT2D eigenvalue weighted by Gasteiger charge is -2.18. The van der Waals surface area contributed by atoms with Crippen molar-refractivity contribution in [2.75, 3.05) is 16.8 Å². The van der Waals surface area contributed by atoms with Gasteiger partial charge in [-0.05, 0) is 60.6 Å². The first-order valence-corrected chi connectivity index (χ1v) is 11.8. The minimum Gasteiger partial charge on any atom is -0.337 e. The Labute approximate surface area is 194 Å². The van der Waals surface area contributed by atoms with E-state index in [4.69, 9.17) is 4.99 Å². The fourth-order valence-corrected chi connectivity index (χ4v) is 6.08. The van der Waals surface area contributed by atoms with E-state index >= 15 is 0 Å². The summed E-state index contributed by atoms with van der Waals surface area (Å²) in [5.41, 5.74) is 2.74. The first-order valence-electron chi connectivity index (χ1n) is 10.2. The molecular formula is C25H20FN3OS2. The molecule has 2 aliphatic heterocycles. The van der Waals surface area contributed by atoms with E-state index in [1.54, 1.807) is 28.8 Å². The predicted octanol–water partition coefficient (Wildman–Crippen LogP) is 6.43. The van der Waals surface area contributed by atoms with Crippen molar-refractivity contribution in [3.05, 3.63) is 100 Å². The number of carbonyl (C=O) groups excluding carboxylic acids is 1. The maximum Gasteiger partial charge on any atom is 0.274 e. The van der Waals surface area contributed by atoms with Crippen LogP contribution in [-0.4, -0.2) is 18.1 Å². The first kappa shape index (κ1) is 20.8. The molecule has 4 nitrogen and oxygen atoms in total. The van der Waals surface area contributed by atoms with Crippen molar-refractivity contribution in [3.8, 4) is 0 Å². The highest BCUT2D eigenvalue weighted by molar-refractivity contribution is 8.20. The maximum atomic E-state index is 13.6. The zero-order chi connectivity index (χ0) is 22.2. The Morgan fingerprint density at radius 3 is 2.31 bits per heavy atom. The lowest BCUT2D eigenvalue weighted by Crippen LogP contribution is -2.29. The van der Waals surface area contributed by atoms with Crippen molar-refractivity contribution in [2.45, 2.75) is 17.9 Å². The second-order valence-corrected chi connectivity index (χ2v) is 9.49. The van der Waals surface area contributed by atoms with Crippen LogP contribution < -0.4 is 9.80 Å². The fraction of sp³-hybridized carbons (Fsp3) is 0.120. The predicted molar refractivity (Wildman–Crippen MR) is 131 cm³/mol. The van der Waals surface area contributed by atoms with Crippen molar-refractivity contribution in [1.29, 1.82) is 0 Å². The number of aliphatic imine (C=N–C) groups is 1. The molecular weight excluding hydrogens is 441 g/mol. The van der Waals surface area contributed by atoms with Gasteiger partial charge in [-0.3, -0.25) is 14.7 Å². The Morgan fingerprint density at radius 1 is 0.906 bits per heavy atom. The van der Waals surface area contributed by atoms with E-state index in [2.05, 4.69) is 6.07 Å². The highest BCUT2D eigenvalue weighted by atomic mass is 32.2. The molecule has 5 rings (SSSR count). The Balaban J connectivity index is 1.58. The van der Waals surface area contributed by atoms with Crippen molar-refractivity contribution in [3.63, 3.8) is 0 Å². The molecule has 1 atom stereocenters. The van der Waals surface area contributed by atoms with E-state index in [9.17, 15) is 9.18 Å². The van der Waals surface area contributed by atoms with Crippen LogP contribution in [0.3, 0.4) is 0 Å². The van der Waals surface area contributed by atoms with Gasteiger partial charge in [0.1, 0.15) is 10.7 Å². The smallest absolute Gasteiger partial charge is 0.274 e. The number of amides is 1. The van der Waals surface area contributed by atoms with E-state index in [0.717, 1.165) is 21.2 Å². The maximum absolute atomic E-state index is 13.6. The fourth-order valence-electron chi connectivity index (χ4n) is 3.68. The number of hydrogen-bond donors (Lipinski definition) is 0. The van der Waals surface area contributed by atoms with Gasteiger partial charge in [0.2, 0.25) is 0 Å². The first-order chi connectivity index (χ1) is 15.5. The van der Waals surface area contributed by atoms with Crippen LogP contribution in [-0.2, 0) is 4.79 Å². The quantitative estimate of drug-likeness (QED) is 0.421. The summed E-state index contributed by atoms with van der Waals surface area (Å²) in [7, 11) is 1.97. The second kappa shape index (κ2) is 8.48. The second-order valence-electron chi connectivity index (χ2n) is 7.48. The highest BCUT2D eigenvalue weighted by Gasteiger charge is 2.40. The standard InChI is InChI=1S/C25H20FN3OS2/c1-16(17-8-4-3-5-9-17)27-25-29(19-14-12-18(26)13-15-19)23(30)22(32-25)24-28(2)20-10-6-7-11-21(20)31-24/h3-16H,1-2H3. The molecule has 0 bridgehead atoms. The summed E-state index contributed by atoms with van der Waals surface area (Å²) in [4.78, 5) is 23.9. The van der Waals surface area contributed by atoms with Crippen LogP contribution in [0, 0.1) is 5.82 Å². The topological polar surface area (TPSA) is 35.9 Å². The average Bonchev–Trinajstić information content (AvgIpc) is 3.31. The minimum absolute atomic E-state index is 0.134. The zero-order valence-electron chi connectivity index (χ0n) is 17.5. The molecule has 2 aliphatic rings. The van der Waals surface area contributed by atoms with Crippen LogP contribution in [0.4, 0.5) is 15.8 Å². The number of para-hydroxylation sites is 1. The lowest BCUT2D eigenvalue weighted by atomic mass is 10.1. The number of halogens is 1. The van der Waals surface area contributed by atoms with Gasteiger partial charge in [0, 0.05) is 11.9 Å². The highest BCUT2D eigenvalue weighted by Crippen LogP contribution is 2.50. The molecule has 2 heterocycles. The summed E-state index contributed by atoms with van der Waals surface area (Å²) in [6.45, 7) is 2.01. The molecule has 0 aromatic heterocycles. The van der Waals surface area contributed by atoms with Crippen molar-refractivity contribution >= 4 is 46.0 Å². The summed E-state index contributed by atoms with van der Waals surface area (Å²) in [5.74, 6) is -0.493.